The third-order valence-corrected chi connectivity index (χ3v) is 10.1. The first kappa shape index (κ1) is 42.9. The van der Waals surface area contributed by atoms with Gasteiger partial charge in [0.05, 0.1) is 47.3 Å². The van der Waals surface area contributed by atoms with Gasteiger partial charge >= 0.3 is 0 Å². The van der Waals surface area contributed by atoms with E-state index in [2.05, 4.69) is 43.4 Å². The molecule has 1 aliphatic heterocycles. The second-order valence-electron chi connectivity index (χ2n) is 14.7. The second kappa shape index (κ2) is 16.7. The first-order valence-corrected chi connectivity index (χ1v) is 18.5. The summed E-state index contributed by atoms with van der Waals surface area (Å²) in [6.45, 7) is 4.67. The van der Waals surface area contributed by atoms with Crippen LogP contribution in [0.25, 0.3) is 16.5 Å². The number of aryl methyl sites for hydroxylation is 1. The molecule has 1 aliphatic carbocycles. The minimum atomic E-state index is -3.50. The zero-order chi connectivity index (χ0) is 42.0. The Morgan fingerprint density at radius 1 is 1.16 bits per heavy atom. The summed E-state index contributed by atoms with van der Waals surface area (Å²) < 4.78 is 102. The average molecular weight is 819 g/mol. The van der Waals surface area contributed by atoms with Crippen LogP contribution in [0.1, 0.15) is 45.2 Å². The summed E-state index contributed by atoms with van der Waals surface area (Å²) in [4.78, 5) is 25.3. The molecule has 2 aromatic carbocycles. The Hall–Kier alpha value is -5.23. The van der Waals surface area contributed by atoms with Crippen LogP contribution in [0.5, 0.6) is 0 Å². The van der Waals surface area contributed by atoms with Gasteiger partial charge in [0.15, 0.2) is 17.3 Å². The summed E-state index contributed by atoms with van der Waals surface area (Å²) in [7, 11) is 3.36. The number of benzene rings is 2. The Labute approximate surface area is 326 Å². The van der Waals surface area contributed by atoms with Gasteiger partial charge in [0.1, 0.15) is 11.6 Å². The Balaban J connectivity index is 1.63. The quantitative estimate of drug-likeness (QED) is 0.0386. The van der Waals surface area contributed by atoms with Crippen LogP contribution in [0.3, 0.4) is 0 Å². The lowest BCUT2D eigenvalue weighted by Crippen LogP contribution is -2.61. The van der Waals surface area contributed by atoms with E-state index in [9.17, 15) is 31.7 Å². The van der Waals surface area contributed by atoms with Gasteiger partial charge in [-0.2, -0.15) is 13.9 Å². The first-order valence-electron chi connectivity index (χ1n) is 17.8. The van der Waals surface area contributed by atoms with Crippen LogP contribution in [-0.2, 0) is 18.3 Å². The fourth-order valence-electron chi connectivity index (χ4n) is 7.13. The average Bonchev–Trinajstić information content (AvgIpc) is 3.57. The highest BCUT2D eigenvalue weighted by molar-refractivity contribution is 7.19. The maximum absolute atomic E-state index is 15.2. The summed E-state index contributed by atoms with van der Waals surface area (Å²) in [5, 5.41) is 27.3. The highest BCUT2D eigenvalue weighted by Crippen LogP contribution is 2.44. The highest BCUT2D eigenvalue weighted by Gasteiger charge is 2.48. The number of rotatable bonds is 14. The molecule has 3 aromatic rings. The van der Waals surface area contributed by atoms with Crippen molar-refractivity contribution >= 4 is 43.2 Å². The van der Waals surface area contributed by atoms with Crippen molar-refractivity contribution in [2.45, 2.75) is 75.9 Å². The number of para-hydroxylation sites is 1. The number of alkyl halides is 5. The topological polar surface area (TPSA) is 136 Å². The van der Waals surface area contributed by atoms with Crippen molar-refractivity contribution in [3.05, 3.63) is 93.2 Å². The molecule has 18 heteroatoms. The van der Waals surface area contributed by atoms with E-state index >= 15 is 8.78 Å². The van der Waals surface area contributed by atoms with E-state index in [0.717, 1.165) is 12.1 Å². The van der Waals surface area contributed by atoms with Crippen LogP contribution in [-0.4, -0.2) is 69.9 Å². The Morgan fingerprint density at radius 2 is 1.84 bits per heavy atom. The van der Waals surface area contributed by atoms with Crippen LogP contribution in [0.4, 0.5) is 36.6 Å². The van der Waals surface area contributed by atoms with Crippen molar-refractivity contribution in [3.63, 3.8) is 0 Å². The van der Waals surface area contributed by atoms with Crippen molar-refractivity contribution in [3.8, 4) is 11.8 Å². The largest absolute Gasteiger partial charge is 0.374 e. The van der Waals surface area contributed by atoms with Crippen molar-refractivity contribution in [1.29, 1.82) is 5.41 Å². The lowest BCUT2D eigenvalue weighted by atomic mass is 9.75. The number of carbonyl (C=O) groups is 1. The number of dihydropyridines is 1. The molecule has 0 radical (unpaired) electrons. The fraction of sp³-hybridized carbons (Fsp3) is 0.410. The molecule has 5 atom stereocenters. The molecule has 0 spiro atoms. The van der Waals surface area contributed by atoms with Crippen LogP contribution in [0.2, 0.25) is 0 Å². The monoisotopic (exact) mass is 818 g/mol. The van der Waals surface area contributed by atoms with E-state index < -0.39 is 89.8 Å². The second-order valence-corrected chi connectivity index (χ2v) is 15.3. The van der Waals surface area contributed by atoms with Crippen LogP contribution in [0.15, 0.2) is 70.7 Å². The Kier molecular flexibility index (Phi) is 12.6. The van der Waals surface area contributed by atoms with Gasteiger partial charge < -0.3 is 26.7 Å². The molecule has 1 amide bonds. The number of halogens is 7. The fourth-order valence-corrected chi connectivity index (χ4v) is 7.31. The maximum Gasteiger partial charge on any atom is 0.288 e. The molecule has 5 rings (SSSR count). The van der Waals surface area contributed by atoms with Gasteiger partial charge in [0, 0.05) is 36.1 Å². The molecule has 2 heterocycles. The standard InChI is InChI=1S/C39H42F7N8O2P/c1-20-17-39(45,46)34(31(20)32(47)35(44)57)48-19-30(55)50-28(15-21-13-22(40)16-23(41)14-21)38(4)27(10-9-24(51-38)11-12-37(2,3)53-56)25-7-6-8-26-33(25)54(5)52-36(26)49-18-29(42)43/h6-10,13-14,16,20,28-29,35,47-48,51H,15,17-19,57H2,1-5H3,(H,49,52)(H,50,55)/t20-,28-,35?,38?/m0/s1. The number of amides is 1. The zero-order valence-corrected chi connectivity index (χ0v) is 32.8. The van der Waals surface area contributed by atoms with Crippen molar-refractivity contribution in [1.82, 2.24) is 25.7 Å². The molecule has 5 N–H and O–H groups in total. The number of fused-ring (bicyclic) bond motifs is 1. The number of nitrogens with one attached hydrogen (secondary N) is 5. The molecular weight excluding hydrogens is 776 g/mol. The van der Waals surface area contributed by atoms with Gasteiger partial charge in [-0.3, -0.25) is 9.48 Å². The minimum absolute atomic E-state index is 0.114. The number of anilines is 1. The SMILES string of the molecule is C[C@H]1CC(F)(F)C(NCC(=O)N[C@@H](Cc2cc(F)cc(F)c2)C2(C)NC(C#CC(C)(C)N=O)=CC=C2c2cccc3c(NCC(F)F)nn(C)c23)=C1C(=N)C(F)P. The smallest absolute Gasteiger partial charge is 0.288 e. The molecule has 3 unspecified atom stereocenters. The molecular formula is C39H42F7N8O2P. The number of carbonyl (C=O) groups excluding carboxylic acids is 1. The van der Waals surface area contributed by atoms with Gasteiger partial charge in [-0.1, -0.05) is 45.5 Å². The van der Waals surface area contributed by atoms with Crippen molar-refractivity contribution < 1.29 is 35.5 Å². The van der Waals surface area contributed by atoms with Crippen LogP contribution in [0, 0.1) is 39.7 Å². The third kappa shape index (κ3) is 9.50. The molecule has 0 bridgehead atoms. The lowest BCUT2D eigenvalue weighted by molar-refractivity contribution is -0.121. The summed E-state index contributed by atoms with van der Waals surface area (Å²) in [6.07, 6.45) is -0.331. The van der Waals surface area contributed by atoms with Gasteiger partial charge in [-0.25, -0.2) is 22.0 Å². The van der Waals surface area contributed by atoms with Crippen molar-refractivity contribution in [2.75, 3.05) is 18.4 Å². The Bertz CT molecular complexity index is 2220. The van der Waals surface area contributed by atoms with E-state index in [1.165, 1.54) is 25.5 Å². The van der Waals surface area contributed by atoms with Gasteiger partial charge in [-0.15, -0.1) is 4.91 Å². The molecule has 304 valence electrons. The van der Waals surface area contributed by atoms with Crippen LogP contribution < -0.4 is 21.3 Å². The molecule has 0 fully saturated rings. The Morgan fingerprint density at radius 3 is 2.47 bits per heavy atom. The summed E-state index contributed by atoms with van der Waals surface area (Å²) in [6, 6.07) is 6.76. The number of nitroso groups, excluding NO2 is 1. The molecule has 0 saturated carbocycles. The van der Waals surface area contributed by atoms with E-state index in [1.54, 1.807) is 53.6 Å². The van der Waals surface area contributed by atoms with E-state index in [0.29, 0.717) is 28.1 Å². The predicted octanol–water partition coefficient (Wildman–Crippen LogP) is 7.14. The van der Waals surface area contributed by atoms with Gasteiger partial charge in [-0.05, 0) is 74.4 Å². The van der Waals surface area contributed by atoms with E-state index in [1.807, 2.05) is 0 Å². The number of aromatic nitrogens is 2. The normalized spacial score (nSPS) is 20.2. The van der Waals surface area contributed by atoms with Gasteiger partial charge in [0.25, 0.3) is 12.3 Å². The van der Waals surface area contributed by atoms with E-state index in [-0.39, 0.29) is 29.1 Å². The third-order valence-electron chi connectivity index (χ3n) is 9.76. The molecule has 57 heavy (non-hydrogen) atoms. The maximum atomic E-state index is 15.2. The zero-order valence-electron chi connectivity index (χ0n) is 31.6. The lowest BCUT2D eigenvalue weighted by Gasteiger charge is -2.43. The van der Waals surface area contributed by atoms with Crippen LogP contribution >= 0.6 is 9.24 Å². The number of hydrogen-bond acceptors (Lipinski definition) is 8. The summed E-state index contributed by atoms with van der Waals surface area (Å²) in [5.74, 6) is -3.12. The first-order chi connectivity index (χ1) is 26.7. The number of nitrogens with zero attached hydrogens (tertiary/aromatic N) is 3. The minimum Gasteiger partial charge on any atom is -0.374 e. The highest BCUT2D eigenvalue weighted by atomic mass is 31.0. The number of hydrogen-bond donors (Lipinski definition) is 5. The molecule has 1 aromatic heterocycles. The molecule has 10 nitrogen and oxygen atoms in total. The molecule has 2 aliphatic rings. The van der Waals surface area contributed by atoms with E-state index in [4.69, 9.17) is 5.41 Å². The summed E-state index contributed by atoms with van der Waals surface area (Å²) >= 11 is 0. The van der Waals surface area contributed by atoms with Crippen molar-refractivity contribution in [2.24, 2.45) is 18.1 Å². The predicted molar refractivity (Wildman–Crippen MR) is 209 cm³/mol. The van der Waals surface area contributed by atoms with Gasteiger partial charge in [0.2, 0.25) is 5.91 Å². The summed E-state index contributed by atoms with van der Waals surface area (Å²) in [5.41, 5.74) is -2.60. The molecule has 0 saturated heterocycles. The number of allylic oxidation sites excluding steroid dienone is 5.